The molecule has 0 aliphatic carbocycles. The molecule has 1 atom stereocenters. The van der Waals surface area contributed by atoms with Crippen LogP contribution in [0.4, 0.5) is 5.69 Å². The van der Waals surface area contributed by atoms with Gasteiger partial charge in [-0.2, -0.15) is 0 Å². The van der Waals surface area contributed by atoms with Crippen LogP contribution in [0.3, 0.4) is 0 Å². The third-order valence-electron chi connectivity index (χ3n) is 5.32. The number of carbonyl (C=O) groups is 1. The number of anilines is 1. The Morgan fingerprint density at radius 1 is 1.10 bits per heavy atom. The number of likely N-dealkylation sites (tertiary alicyclic amines) is 1. The maximum atomic E-state index is 11.4. The van der Waals surface area contributed by atoms with Crippen LogP contribution in [-0.4, -0.2) is 33.9 Å². The molecule has 1 aromatic heterocycles. The predicted molar refractivity (Wildman–Crippen MR) is 115 cm³/mol. The summed E-state index contributed by atoms with van der Waals surface area (Å²) >= 11 is 0. The van der Waals surface area contributed by atoms with Crippen LogP contribution in [-0.2, 0) is 11.3 Å². The van der Waals surface area contributed by atoms with Gasteiger partial charge in [-0.3, -0.25) is 19.7 Å². The van der Waals surface area contributed by atoms with Gasteiger partial charge in [0.2, 0.25) is 5.91 Å². The SMILES string of the molecule is CC(=O)Nc1cccc(-c2nccnc2[C@H]2CCCN(Cc3ccccc3)C2)c1. The van der Waals surface area contributed by atoms with E-state index < -0.39 is 0 Å². The van der Waals surface area contributed by atoms with E-state index in [-0.39, 0.29) is 5.91 Å². The van der Waals surface area contributed by atoms with Gasteiger partial charge in [-0.15, -0.1) is 0 Å². The molecule has 2 aromatic carbocycles. The highest BCUT2D eigenvalue weighted by molar-refractivity contribution is 5.89. The first-order chi connectivity index (χ1) is 14.2. The zero-order valence-electron chi connectivity index (χ0n) is 16.7. The van der Waals surface area contributed by atoms with Crippen molar-refractivity contribution in [3.05, 3.63) is 78.2 Å². The molecule has 29 heavy (non-hydrogen) atoms. The van der Waals surface area contributed by atoms with Gasteiger partial charge >= 0.3 is 0 Å². The number of nitrogens with one attached hydrogen (secondary N) is 1. The van der Waals surface area contributed by atoms with Gasteiger partial charge in [0.1, 0.15) is 0 Å². The van der Waals surface area contributed by atoms with Crippen molar-refractivity contribution in [3.63, 3.8) is 0 Å². The van der Waals surface area contributed by atoms with Gasteiger partial charge in [-0.1, -0.05) is 42.5 Å². The van der Waals surface area contributed by atoms with Gasteiger partial charge in [0.05, 0.1) is 11.4 Å². The van der Waals surface area contributed by atoms with Crippen LogP contribution in [0.2, 0.25) is 0 Å². The summed E-state index contributed by atoms with van der Waals surface area (Å²) in [5.41, 5.74) is 5.06. The zero-order chi connectivity index (χ0) is 20.1. The number of aromatic nitrogens is 2. The molecule has 0 bridgehead atoms. The summed E-state index contributed by atoms with van der Waals surface area (Å²) in [5.74, 6) is 0.269. The number of rotatable bonds is 5. The average molecular weight is 386 g/mol. The average Bonchev–Trinajstić information content (AvgIpc) is 2.74. The molecule has 1 N–H and O–H groups in total. The maximum Gasteiger partial charge on any atom is 0.221 e. The van der Waals surface area contributed by atoms with Crippen molar-refractivity contribution in [2.75, 3.05) is 18.4 Å². The molecule has 148 valence electrons. The van der Waals surface area contributed by atoms with Crippen LogP contribution in [0.25, 0.3) is 11.3 Å². The topological polar surface area (TPSA) is 58.1 Å². The quantitative estimate of drug-likeness (QED) is 0.702. The molecule has 5 heteroatoms. The third-order valence-corrected chi connectivity index (χ3v) is 5.32. The summed E-state index contributed by atoms with van der Waals surface area (Å²) in [6, 6.07) is 18.5. The van der Waals surface area contributed by atoms with Gasteiger partial charge in [0.25, 0.3) is 0 Å². The standard InChI is InChI=1S/C24H26N4O/c1-18(29)27-22-11-5-9-20(15-22)23-24(26-13-12-25-23)21-10-6-14-28(17-21)16-19-7-3-2-4-8-19/h2-5,7-9,11-13,15,21H,6,10,14,16-17H2,1H3,(H,27,29)/t21-/m0/s1. The number of carbonyl (C=O) groups excluding carboxylic acids is 1. The molecule has 0 radical (unpaired) electrons. The Balaban J connectivity index is 1.57. The lowest BCUT2D eigenvalue weighted by Crippen LogP contribution is -2.34. The van der Waals surface area contributed by atoms with Crippen LogP contribution in [0.5, 0.6) is 0 Å². The largest absolute Gasteiger partial charge is 0.326 e. The Bertz CT molecular complexity index is 973. The monoisotopic (exact) mass is 386 g/mol. The summed E-state index contributed by atoms with van der Waals surface area (Å²) in [4.78, 5) is 23.3. The Kier molecular flexibility index (Phi) is 5.96. The van der Waals surface area contributed by atoms with Crippen molar-refractivity contribution in [2.45, 2.75) is 32.2 Å². The Morgan fingerprint density at radius 3 is 2.76 bits per heavy atom. The van der Waals surface area contributed by atoms with Crippen molar-refractivity contribution in [1.82, 2.24) is 14.9 Å². The first-order valence-electron chi connectivity index (χ1n) is 10.1. The molecule has 1 fully saturated rings. The van der Waals surface area contributed by atoms with Crippen LogP contribution in [0, 0.1) is 0 Å². The van der Waals surface area contributed by atoms with E-state index in [0.29, 0.717) is 5.92 Å². The number of benzene rings is 2. The normalized spacial score (nSPS) is 17.1. The Morgan fingerprint density at radius 2 is 1.93 bits per heavy atom. The Hall–Kier alpha value is -3.05. The summed E-state index contributed by atoms with van der Waals surface area (Å²) in [7, 11) is 0. The summed E-state index contributed by atoms with van der Waals surface area (Å²) in [6.45, 7) is 4.57. The molecule has 4 rings (SSSR count). The molecule has 5 nitrogen and oxygen atoms in total. The van der Waals surface area contributed by atoms with Gasteiger partial charge in [0.15, 0.2) is 0 Å². The minimum Gasteiger partial charge on any atom is -0.326 e. The van der Waals surface area contributed by atoms with E-state index in [1.807, 2.05) is 24.3 Å². The molecular weight excluding hydrogens is 360 g/mol. The molecule has 0 unspecified atom stereocenters. The molecule has 1 aliphatic heterocycles. The lowest BCUT2D eigenvalue weighted by Gasteiger charge is -2.33. The fourth-order valence-corrected chi connectivity index (χ4v) is 4.08. The maximum absolute atomic E-state index is 11.4. The first-order valence-corrected chi connectivity index (χ1v) is 10.1. The van der Waals surface area contributed by atoms with E-state index in [2.05, 4.69) is 45.5 Å². The van der Waals surface area contributed by atoms with Gasteiger partial charge in [-0.05, 0) is 37.1 Å². The fraction of sp³-hybridized carbons (Fsp3) is 0.292. The molecule has 1 saturated heterocycles. The van der Waals surface area contributed by atoms with E-state index in [0.717, 1.165) is 55.1 Å². The van der Waals surface area contributed by atoms with Crippen LogP contribution < -0.4 is 5.32 Å². The van der Waals surface area contributed by atoms with Crippen molar-refractivity contribution < 1.29 is 4.79 Å². The number of amides is 1. The van der Waals surface area contributed by atoms with Gasteiger partial charge in [-0.25, -0.2) is 0 Å². The second-order valence-electron chi connectivity index (χ2n) is 7.61. The summed E-state index contributed by atoms with van der Waals surface area (Å²) < 4.78 is 0. The third kappa shape index (κ3) is 4.87. The minimum absolute atomic E-state index is 0.0784. The molecular formula is C24H26N4O. The first kappa shape index (κ1) is 19.3. The second-order valence-corrected chi connectivity index (χ2v) is 7.61. The summed E-state index contributed by atoms with van der Waals surface area (Å²) in [6.07, 6.45) is 5.79. The van der Waals surface area contributed by atoms with Crippen molar-refractivity contribution in [1.29, 1.82) is 0 Å². The number of nitrogens with zero attached hydrogens (tertiary/aromatic N) is 3. The fourth-order valence-electron chi connectivity index (χ4n) is 4.08. The summed E-state index contributed by atoms with van der Waals surface area (Å²) in [5, 5.41) is 2.85. The molecule has 0 spiro atoms. The van der Waals surface area contributed by atoms with E-state index in [1.54, 1.807) is 12.4 Å². The highest BCUT2D eigenvalue weighted by Gasteiger charge is 2.25. The number of hydrogen-bond donors (Lipinski definition) is 1. The molecule has 1 aliphatic rings. The lowest BCUT2D eigenvalue weighted by molar-refractivity contribution is -0.114. The van der Waals surface area contributed by atoms with Crippen molar-refractivity contribution in [2.24, 2.45) is 0 Å². The van der Waals surface area contributed by atoms with Gasteiger partial charge in [0, 0.05) is 49.6 Å². The molecule has 1 amide bonds. The number of hydrogen-bond acceptors (Lipinski definition) is 4. The predicted octanol–water partition coefficient (Wildman–Crippen LogP) is 4.48. The molecule has 2 heterocycles. The van der Waals surface area contributed by atoms with Crippen molar-refractivity contribution in [3.8, 4) is 11.3 Å². The van der Waals surface area contributed by atoms with E-state index in [9.17, 15) is 4.79 Å². The molecule has 0 saturated carbocycles. The van der Waals surface area contributed by atoms with E-state index >= 15 is 0 Å². The highest BCUT2D eigenvalue weighted by atomic mass is 16.1. The van der Waals surface area contributed by atoms with Crippen LogP contribution >= 0.6 is 0 Å². The molecule has 3 aromatic rings. The Labute approximate surface area is 171 Å². The van der Waals surface area contributed by atoms with E-state index in [1.165, 1.54) is 12.5 Å². The van der Waals surface area contributed by atoms with Crippen molar-refractivity contribution >= 4 is 11.6 Å². The minimum atomic E-state index is -0.0784. The lowest BCUT2D eigenvalue weighted by atomic mass is 9.91. The highest BCUT2D eigenvalue weighted by Crippen LogP contribution is 2.33. The second kappa shape index (κ2) is 8.97. The van der Waals surface area contributed by atoms with Crippen LogP contribution in [0.15, 0.2) is 67.0 Å². The number of piperidine rings is 1. The van der Waals surface area contributed by atoms with Crippen LogP contribution in [0.1, 0.15) is 36.9 Å². The smallest absolute Gasteiger partial charge is 0.221 e. The van der Waals surface area contributed by atoms with E-state index in [4.69, 9.17) is 4.98 Å². The zero-order valence-corrected chi connectivity index (χ0v) is 16.7. The van der Waals surface area contributed by atoms with Gasteiger partial charge < -0.3 is 5.32 Å².